The summed E-state index contributed by atoms with van der Waals surface area (Å²) in [5, 5.41) is 0. The van der Waals surface area contributed by atoms with Gasteiger partial charge in [0.2, 0.25) is 0 Å². The average Bonchev–Trinajstić information content (AvgIpc) is 2.33. The Morgan fingerprint density at radius 3 is 1.82 bits per heavy atom. The molecule has 0 aliphatic rings. The second-order valence-electron chi connectivity index (χ2n) is 4.27. The average molecular weight is 243 g/mol. The maximum Gasteiger partial charge on any atom is 0.0266 e. The lowest BCUT2D eigenvalue weighted by molar-refractivity contribution is 0.817. The number of benzene rings is 2. The van der Waals surface area contributed by atoms with Crippen LogP contribution in [-0.2, 0) is 0 Å². The van der Waals surface area contributed by atoms with Crippen LogP contribution >= 0.6 is 11.8 Å². The number of nitrogens with two attached hydrogens (primary N) is 1. The van der Waals surface area contributed by atoms with Gasteiger partial charge in [0.25, 0.3) is 0 Å². The van der Waals surface area contributed by atoms with E-state index in [2.05, 4.69) is 55.5 Å². The molecule has 0 amide bonds. The molecule has 0 radical (unpaired) electrons. The molecule has 0 saturated carbocycles. The molecule has 1 unspecified atom stereocenters. The third kappa shape index (κ3) is 3.35. The van der Waals surface area contributed by atoms with Gasteiger partial charge in [-0.05, 0) is 43.7 Å². The van der Waals surface area contributed by atoms with E-state index in [9.17, 15) is 0 Å². The normalized spacial score (nSPS) is 12.4. The first-order chi connectivity index (χ1) is 8.15. The quantitative estimate of drug-likeness (QED) is 0.875. The molecule has 0 aromatic heterocycles. The molecule has 0 bridgehead atoms. The summed E-state index contributed by atoms with van der Waals surface area (Å²) in [6, 6.07) is 17.1. The summed E-state index contributed by atoms with van der Waals surface area (Å²) in [4.78, 5) is 2.52. The Morgan fingerprint density at radius 2 is 1.35 bits per heavy atom. The summed E-state index contributed by atoms with van der Waals surface area (Å²) in [5.41, 5.74) is 8.30. The van der Waals surface area contributed by atoms with Crippen molar-refractivity contribution in [2.24, 2.45) is 5.73 Å². The molecule has 2 aromatic carbocycles. The zero-order valence-electron chi connectivity index (χ0n) is 10.2. The Balaban J connectivity index is 2.11. The molecule has 2 rings (SSSR count). The van der Waals surface area contributed by atoms with Crippen molar-refractivity contribution in [1.82, 2.24) is 0 Å². The highest BCUT2D eigenvalue weighted by Crippen LogP contribution is 2.28. The highest BCUT2D eigenvalue weighted by atomic mass is 32.2. The zero-order chi connectivity index (χ0) is 12.3. The second kappa shape index (κ2) is 5.39. The molecular weight excluding hydrogens is 226 g/mol. The van der Waals surface area contributed by atoms with E-state index in [0.717, 1.165) is 0 Å². The fraction of sp³-hybridized carbons (Fsp3) is 0.200. The third-order valence-electron chi connectivity index (χ3n) is 2.66. The number of aryl methyl sites for hydroxylation is 1. The molecule has 1 nitrogen and oxygen atoms in total. The van der Waals surface area contributed by atoms with Gasteiger partial charge in [-0.3, -0.25) is 0 Å². The van der Waals surface area contributed by atoms with Gasteiger partial charge in [0.15, 0.2) is 0 Å². The SMILES string of the molecule is Cc1ccc(Sc2ccc(C(C)N)cc2)cc1. The van der Waals surface area contributed by atoms with Crippen molar-refractivity contribution in [2.75, 3.05) is 0 Å². The predicted molar refractivity (Wildman–Crippen MR) is 74.3 cm³/mol. The highest BCUT2D eigenvalue weighted by Gasteiger charge is 2.00. The van der Waals surface area contributed by atoms with E-state index in [4.69, 9.17) is 5.73 Å². The minimum Gasteiger partial charge on any atom is -0.324 e. The van der Waals surface area contributed by atoms with E-state index in [-0.39, 0.29) is 6.04 Å². The lowest BCUT2D eigenvalue weighted by Gasteiger charge is -2.07. The van der Waals surface area contributed by atoms with Crippen molar-refractivity contribution in [1.29, 1.82) is 0 Å². The van der Waals surface area contributed by atoms with Gasteiger partial charge in [-0.15, -0.1) is 0 Å². The second-order valence-corrected chi connectivity index (χ2v) is 5.42. The van der Waals surface area contributed by atoms with E-state index in [0.29, 0.717) is 0 Å². The van der Waals surface area contributed by atoms with E-state index < -0.39 is 0 Å². The maximum absolute atomic E-state index is 5.83. The summed E-state index contributed by atoms with van der Waals surface area (Å²) in [7, 11) is 0. The summed E-state index contributed by atoms with van der Waals surface area (Å²) in [6.45, 7) is 4.11. The third-order valence-corrected chi connectivity index (χ3v) is 3.68. The van der Waals surface area contributed by atoms with Crippen LogP contribution < -0.4 is 5.73 Å². The Labute approximate surface area is 107 Å². The standard InChI is InChI=1S/C15H17NS/c1-11-3-7-14(8-4-11)17-15-9-5-13(6-10-15)12(2)16/h3-10,12H,16H2,1-2H3. The fourth-order valence-electron chi connectivity index (χ4n) is 1.58. The van der Waals surface area contributed by atoms with Crippen LogP contribution in [0.5, 0.6) is 0 Å². The van der Waals surface area contributed by atoms with E-state index in [1.165, 1.54) is 20.9 Å². The molecule has 2 N–H and O–H groups in total. The monoisotopic (exact) mass is 243 g/mol. The maximum atomic E-state index is 5.83. The predicted octanol–water partition coefficient (Wildman–Crippen LogP) is 4.17. The van der Waals surface area contributed by atoms with Crippen LogP contribution in [0.3, 0.4) is 0 Å². The molecule has 0 saturated heterocycles. The summed E-state index contributed by atoms with van der Waals surface area (Å²) < 4.78 is 0. The van der Waals surface area contributed by atoms with Crippen molar-refractivity contribution in [3.05, 3.63) is 59.7 Å². The summed E-state index contributed by atoms with van der Waals surface area (Å²) in [5.74, 6) is 0. The van der Waals surface area contributed by atoms with Gasteiger partial charge >= 0.3 is 0 Å². The van der Waals surface area contributed by atoms with Crippen molar-refractivity contribution < 1.29 is 0 Å². The van der Waals surface area contributed by atoms with E-state index >= 15 is 0 Å². The van der Waals surface area contributed by atoms with Crippen molar-refractivity contribution >= 4 is 11.8 Å². The Kier molecular flexibility index (Phi) is 3.87. The van der Waals surface area contributed by atoms with Crippen molar-refractivity contribution in [3.63, 3.8) is 0 Å². The van der Waals surface area contributed by atoms with Crippen LogP contribution in [0.1, 0.15) is 24.1 Å². The molecule has 0 aliphatic heterocycles. The van der Waals surface area contributed by atoms with Crippen LogP contribution in [0.2, 0.25) is 0 Å². The Bertz CT molecular complexity index is 471. The fourth-order valence-corrected chi connectivity index (χ4v) is 2.40. The van der Waals surface area contributed by atoms with Gasteiger partial charge in [-0.25, -0.2) is 0 Å². The number of hydrogen-bond donors (Lipinski definition) is 1. The van der Waals surface area contributed by atoms with Gasteiger partial charge in [0.05, 0.1) is 0 Å². The molecule has 0 fully saturated rings. The van der Waals surface area contributed by atoms with Crippen molar-refractivity contribution in [2.45, 2.75) is 29.7 Å². The number of rotatable bonds is 3. The molecule has 0 heterocycles. The molecular formula is C15H17NS. The Hall–Kier alpha value is -1.25. The van der Waals surface area contributed by atoms with E-state index in [1.807, 2.05) is 6.92 Å². The lowest BCUT2D eigenvalue weighted by Crippen LogP contribution is -2.04. The molecule has 2 heteroatoms. The first-order valence-electron chi connectivity index (χ1n) is 5.75. The molecule has 1 atom stereocenters. The summed E-state index contributed by atoms with van der Waals surface area (Å²) in [6.07, 6.45) is 0. The van der Waals surface area contributed by atoms with Gasteiger partial charge in [0, 0.05) is 15.8 Å². The number of hydrogen-bond acceptors (Lipinski definition) is 2. The van der Waals surface area contributed by atoms with Crippen LogP contribution in [0.15, 0.2) is 58.3 Å². The first-order valence-corrected chi connectivity index (χ1v) is 6.57. The molecule has 88 valence electrons. The van der Waals surface area contributed by atoms with Gasteiger partial charge in [-0.1, -0.05) is 41.6 Å². The molecule has 17 heavy (non-hydrogen) atoms. The van der Waals surface area contributed by atoms with Gasteiger partial charge in [0.1, 0.15) is 0 Å². The van der Waals surface area contributed by atoms with Gasteiger partial charge in [-0.2, -0.15) is 0 Å². The van der Waals surface area contributed by atoms with E-state index in [1.54, 1.807) is 11.8 Å². The smallest absolute Gasteiger partial charge is 0.0266 e. The largest absolute Gasteiger partial charge is 0.324 e. The highest BCUT2D eigenvalue weighted by molar-refractivity contribution is 7.99. The van der Waals surface area contributed by atoms with Crippen LogP contribution in [0.25, 0.3) is 0 Å². The minimum absolute atomic E-state index is 0.105. The topological polar surface area (TPSA) is 26.0 Å². The molecule has 0 aliphatic carbocycles. The summed E-state index contributed by atoms with van der Waals surface area (Å²) >= 11 is 1.78. The molecule has 2 aromatic rings. The molecule has 0 spiro atoms. The minimum atomic E-state index is 0.105. The zero-order valence-corrected chi connectivity index (χ0v) is 11.0. The van der Waals surface area contributed by atoms with Crippen molar-refractivity contribution in [3.8, 4) is 0 Å². The lowest BCUT2D eigenvalue weighted by atomic mass is 10.1. The first kappa shape index (κ1) is 12.2. The Morgan fingerprint density at radius 1 is 0.882 bits per heavy atom. The van der Waals surface area contributed by atoms with Crippen LogP contribution in [0.4, 0.5) is 0 Å². The van der Waals surface area contributed by atoms with Crippen LogP contribution in [-0.4, -0.2) is 0 Å². The van der Waals surface area contributed by atoms with Gasteiger partial charge < -0.3 is 5.73 Å². The van der Waals surface area contributed by atoms with Crippen LogP contribution in [0, 0.1) is 6.92 Å².